The van der Waals surface area contributed by atoms with Crippen LogP contribution >= 0.6 is 0 Å². The Balaban J connectivity index is 2.94. The van der Waals surface area contributed by atoms with E-state index in [1.165, 1.54) is 5.56 Å². The summed E-state index contributed by atoms with van der Waals surface area (Å²) < 4.78 is 0. The van der Waals surface area contributed by atoms with E-state index in [1.807, 2.05) is 13.1 Å². The molecule has 12 heavy (non-hydrogen) atoms. The lowest BCUT2D eigenvalue weighted by Gasteiger charge is -2.04. The molecular formula is C10H14N2. The molecule has 0 amide bonds. The maximum absolute atomic E-state index is 4.26. The highest BCUT2D eigenvalue weighted by molar-refractivity contribution is 5.46. The molecule has 0 radical (unpaired) electrons. The van der Waals surface area contributed by atoms with Gasteiger partial charge in [0.25, 0.3) is 0 Å². The van der Waals surface area contributed by atoms with Gasteiger partial charge in [0.15, 0.2) is 0 Å². The second kappa shape index (κ2) is 3.90. The van der Waals surface area contributed by atoms with Crippen molar-refractivity contribution in [2.75, 3.05) is 5.32 Å². The van der Waals surface area contributed by atoms with Crippen LogP contribution in [0.4, 0.5) is 5.82 Å². The molecule has 0 aliphatic rings. The normalized spacial score (nSPS) is 9.50. The van der Waals surface area contributed by atoms with Gasteiger partial charge in [-0.05, 0) is 30.7 Å². The minimum absolute atomic E-state index is 0.891. The molecule has 0 fully saturated rings. The third-order valence-corrected chi connectivity index (χ3v) is 1.78. The van der Waals surface area contributed by atoms with E-state index in [9.17, 15) is 0 Å². The number of hydrogen-bond donors (Lipinski definition) is 1. The maximum atomic E-state index is 4.26. The summed E-state index contributed by atoms with van der Waals surface area (Å²) in [5.41, 5.74) is 2.43. The van der Waals surface area contributed by atoms with Crippen LogP contribution in [0.5, 0.6) is 0 Å². The molecule has 1 rings (SSSR count). The smallest absolute Gasteiger partial charge is 0.132 e. The van der Waals surface area contributed by atoms with Gasteiger partial charge < -0.3 is 5.32 Å². The number of hydrogen-bond acceptors (Lipinski definition) is 2. The molecule has 1 aromatic rings. The average Bonchev–Trinajstić information content (AvgIpc) is 2.09. The Morgan fingerprint density at radius 1 is 1.67 bits per heavy atom. The lowest BCUT2D eigenvalue weighted by molar-refractivity contribution is 1.09. The first-order valence-electron chi connectivity index (χ1n) is 4.11. The fourth-order valence-electron chi connectivity index (χ4n) is 1.07. The molecule has 0 atom stereocenters. The largest absolute Gasteiger partial charge is 0.347 e. The van der Waals surface area contributed by atoms with E-state index in [0.29, 0.717) is 0 Å². The molecule has 0 aliphatic carbocycles. The highest BCUT2D eigenvalue weighted by atomic mass is 15.0. The quantitative estimate of drug-likeness (QED) is 0.738. The Morgan fingerprint density at radius 2 is 2.42 bits per heavy atom. The van der Waals surface area contributed by atoms with E-state index < -0.39 is 0 Å². The van der Waals surface area contributed by atoms with Crippen LogP contribution in [0.15, 0.2) is 25.0 Å². The van der Waals surface area contributed by atoms with Crippen molar-refractivity contribution in [2.24, 2.45) is 0 Å². The van der Waals surface area contributed by atoms with Crippen LogP contribution in [0.3, 0.4) is 0 Å². The minimum Gasteiger partial charge on any atom is -0.347 e. The monoisotopic (exact) mass is 162 g/mol. The number of aromatic nitrogens is 1. The molecule has 1 aromatic heterocycles. The number of rotatable bonds is 3. The van der Waals surface area contributed by atoms with Gasteiger partial charge in [-0.25, -0.2) is 4.98 Å². The van der Waals surface area contributed by atoms with Crippen LogP contribution in [0.1, 0.15) is 18.1 Å². The highest BCUT2D eigenvalue weighted by Gasteiger charge is 1.97. The summed E-state index contributed by atoms with van der Waals surface area (Å²) in [4.78, 5) is 4.26. The van der Waals surface area contributed by atoms with E-state index in [0.717, 1.165) is 17.8 Å². The second-order valence-corrected chi connectivity index (χ2v) is 2.71. The lowest BCUT2D eigenvalue weighted by atomic mass is 10.2. The molecule has 0 saturated heterocycles. The van der Waals surface area contributed by atoms with Crippen molar-refractivity contribution < 1.29 is 0 Å². The van der Waals surface area contributed by atoms with Crippen LogP contribution in [0.25, 0.3) is 0 Å². The predicted molar refractivity (Wildman–Crippen MR) is 52.2 cm³/mol. The number of nitrogens with one attached hydrogen (secondary N) is 1. The van der Waals surface area contributed by atoms with Gasteiger partial charge >= 0.3 is 0 Å². The van der Waals surface area contributed by atoms with E-state index in [1.54, 1.807) is 6.20 Å². The van der Waals surface area contributed by atoms with Crippen molar-refractivity contribution in [1.29, 1.82) is 0 Å². The van der Waals surface area contributed by atoms with Crippen LogP contribution < -0.4 is 5.32 Å². The molecule has 0 bridgehead atoms. The zero-order valence-electron chi connectivity index (χ0n) is 7.59. The second-order valence-electron chi connectivity index (χ2n) is 2.71. The van der Waals surface area contributed by atoms with Crippen LogP contribution in [-0.4, -0.2) is 4.98 Å². The number of anilines is 1. The van der Waals surface area contributed by atoms with Gasteiger partial charge in [0.05, 0.1) is 0 Å². The molecule has 2 nitrogen and oxygen atoms in total. The van der Waals surface area contributed by atoms with E-state index >= 15 is 0 Å². The SMILES string of the molecule is C=CNc1ncc(CC)cc1C. The summed E-state index contributed by atoms with van der Waals surface area (Å²) in [6.07, 6.45) is 4.56. The van der Waals surface area contributed by atoms with Gasteiger partial charge in [0.1, 0.15) is 5.82 Å². The van der Waals surface area contributed by atoms with Crippen molar-refractivity contribution in [3.05, 3.63) is 36.2 Å². The molecule has 0 aromatic carbocycles. The molecule has 64 valence electrons. The summed E-state index contributed by atoms with van der Waals surface area (Å²) in [5.74, 6) is 0.891. The molecule has 0 unspecified atom stereocenters. The van der Waals surface area contributed by atoms with Crippen molar-refractivity contribution >= 4 is 5.82 Å². The van der Waals surface area contributed by atoms with Crippen LogP contribution in [0.2, 0.25) is 0 Å². The number of nitrogens with zero attached hydrogens (tertiary/aromatic N) is 1. The first-order valence-corrected chi connectivity index (χ1v) is 4.11. The summed E-state index contributed by atoms with van der Waals surface area (Å²) >= 11 is 0. The maximum Gasteiger partial charge on any atom is 0.132 e. The Morgan fingerprint density at radius 3 is 2.92 bits per heavy atom. The summed E-state index contributed by atoms with van der Waals surface area (Å²) in [7, 11) is 0. The van der Waals surface area contributed by atoms with E-state index in [-0.39, 0.29) is 0 Å². The zero-order chi connectivity index (χ0) is 8.97. The third-order valence-electron chi connectivity index (χ3n) is 1.78. The molecule has 0 saturated carbocycles. The van der Waals surface area contributed by atoms with Gasteiger partial charge in [-0.1, -0.05) is 19.6 Å². The first kappa shape index (κ1) is 8.78. The predicted octanol–water partition coefficient (Wildman–Crippen LogP) is 2.51. The topological polar surface area (TPSA) is 24.9 Å². The zero-order valence-corrected chi connectivity index (χ0v) is 7.59. The van der Waals surface area contributed by atoms with Gasteiger partial charge in [-0.15, -0.1) is 0 Å². The molecule has 0 aliphatic heterocycles. The summed E-state index contributed by atoms with van der Waals surface area (Å²) in [6, 6.07) is 2.14. The van der Waals surface area contributed by atoms with Crippen molar-refractivity contribution in [3.63, 3.8) is 0 Å². The first-order chi connectivity index (χ1) is 5.77. The summed E-state index contributed by atoms with van der Waals surface area (Å²) in [6.45, 7) is 7.75. The Bertz CT molecular complexity index is 279. The molecule has 0 spiro atoms. The van der Waals surface area contributed by atoms with Crippen molar-refractivity contribution in [1.82, 2.24) is 4.98 Å². The molecule has 1 N–H and O–H groups in total. The van der Waals surface area contributed by atoms with Crippen molar-refractivity contribution in [3.8, 4) is 0 Å². The van der Waals surface area contributed by atoms with Gasteiger partial charge in [0.2, 0.25) is 0 Å². The van der Waals surface area contributed by atoms with Gasteiger partial charge in [-0.2, -0.15) is 0 Å². The van der Waals surface area contributed by atoms with Crippen LogP contribution in [-0.2, 0) is 6.42 Å². The Kier molecular flexibility index (Phi) is 2.86. The Hall–Kier alpha value is -1.31. The average molecular weight is 162 g/mol. The third kappa shape index (κ3) is 1.84. The lowest BCUT2D eigenvalue weighted by Crippen LogP contribution is -1.95. The molecule has 2 heteroatoms. The standard InChI is InChI=1S/C10H14N2/c1-4-9-6-8(3)10(11-5-2)12-7-9/h5-7H,2,4H2,1,3H3,(H,11,12). The van der Waals surface area contributed by atoms with Crippen LogP contribution in [0, 0.1) is 6.92 Å². The molecular weight excluding hydrogens is 148 g/mol. The Labute approximate surface area is 73.3 Å². The number of aryl methyl sites for hydroxylation is 2. The van der Waals surface area contributed by atoms with E-state index in [2.05, 4.69) is 29.9 Å². The molecule has 1 heterocycles. The fraction of sp³-hybridized carbons (Fsp3) is 0.300. The van der Waals surface area contributed by atoms with Gasteiger partial charge in [-0.3, -0.25) is 0 Å². The highest BCUT2D eigenvalue weighted by Crippen LogP contribution is 2.12. The fourth-order valence-corrected chi connectivity index (χ4v) is 1.07. The number of pyridine rings is 1. The van der Waals surface area contributed by atoms with Crippen molar-refractivity contribution in [2.45, 2.75) is 20.3 Å². The van der Waals surface area contributed by atoms with E-state index in [4.69, 9.17) is 0 Å². The van der Waals surface area contributed by atoms with Gasteiger partial charge in [0, 0.05) is 6.20 Å². The summed E-state index contributed by atoms with van der Waals surface area (Å²) in [5, 5.41) is 2.98. The minimum atomic E-state index is 0.891.